The molecule has 0 spiro atoms. The zero-order chi connectivity index (χ0) is 14.9. The average Bonchev–Trinajstić information content (AvgIpc) is 2.09. The van der Waals surface area contributed by atoms with Gasteiger partial charge in [-0.15, -0.1) is 0 Å². The summed E-state index contributed by atoms with van der Waals surface area (Å²) in [7, 11) is 0. The van der Waals surface area contributed by atoms with Crippen LogP contribution in [0.2, 0.25) is 0 Å². The molecule has 0 atom stereocenters. The minimum Gasteiger partial charge on any atom is -0.480 e. The smallest absolute Gasteiger partial charge is 0.323 e. The van der Waals surface area contributed by atoms with Crippen molar-refractivity contribution < 1.29 is 14.7 Å². The van der Waals surface area contributed by atoms with Gasteiger partial charge in [0.1, 0.15) is 6.54 Å². The largest absolute Gasteiger partial charge is 0.480 e. The first-order valence-corrected chi connectivity index (χ1v) is 6.04. The zero-order valence-corrected chi connectivity index (χ0v) is 12.5. The summed E-state index contributed by atoms with van der Waals surface area (Å²) in [5.41, 5.74) is 3.91. The van der Waals surface area contributed by atoms with E-state index in [0.29, 0.717) is 0 Å². The summed E-state index contributed by atoms with van der Waals surface area (Å²) in [6.45, 7) is 12.2. The molecule has 1 amide bonds. The quantitative estimate of drug-likeness (QED) is 0.799. The molecule has 0 bridgehead atoms. The average molecular weight is 258 g/mol. The Morgan fingerprint density at radius 2 is 1.44 bits per heavy atom. The van der Waals surface area contributed by atoms with Crippen LogP contribution in [0, 0.1) is 5.41 Å². The highest BCUT2D eigenvalue weighted by Crippen LogP contribution is 2.32. The Hall–Kier alpha value is -1.10. The van der Waals surface area contributed by atoms with Crippen molar-refractivity contribution >= 4 is 11.9 Å². The summed E-state index contributed by atoms with van der Waals surface area (Å²) < 4.78 is 0. The van der Waals surface area contributed by atoms with E-state index in [4.69, 9.17) is 10.8 Å². The molecule has 0 aromatic carbocycles. The molecule has 5 nitrogen and oxygen atoms in total. The van der Waals surface area contributed by atoms with Crippen LogP contribution >= 0.6 is 0 Å². The van der Waals surface area contributed by atoms with Gasteiger partial charge in [0, 0.05) is 11.1 Å². The first-order valence-electron chi connectivity index (χ1n) is 6.04. The molecule has 0 aliphatic carbocycles. The van der Waals surface area contributed by atoms with Crippen LogP contribution in [-0.4, -0.2) is 39.5 Å². The Morgan fingerprint density at radius 3 is 1.67 bits per heavy atom. The Bertz CT molecular complexity index is 335. The highest BCUT2D eigenvalue weighted by Gasteiger charge is 2.45. The normalized spacial score (nSPS) is 13.3. The highest BCUT2D eigenvalue weighted by molar-refractivity contribution is 5.87. The molecule has 18 heavy (non-hydrogen) atoms. The first-order chi connectivity index (χ1) is 7.71. The van der Waals surface area contributed by atoms with Gasteiger partial charge in [-0.1, -0.05) is 0 Å². The maximum atomic E-state index is 12.6. The molecule has 0 rings (SSSR count). The summed E-state index contributed by atoms with van der Waals surface area (Å²) in [6.07, 6.45) is 0. The molecule has 3 N–H and O–H groups in total. The number of carboxylic acid groups (broad SMARTS) is 1. The van der Waals surface area contributed by atoms with Crippen molar-refractivity contribution in [2.24, 2.45) is 11.1 Å². The Balaban J connectivity index is 5.41. The van der Waals surface area contributed by atoms with Crippen LogP contribution < -0.4 is 5.73 Å². The van der Waals surface area contributed by atoms with Crippen LogP contribution in [0.3, 0.4) is 0 Å². The number of aliphatic carboxylic acids is 1. The Kier molecular flexibility index (Phi) is 4.58. The molecule has 0 aromatic rings. The number of carbonyl (C=O) groups excluding carboxylic acids is 1. The van der Waals surface area contributed by atoms with Gasteiger partial charge in [-0.3, -0.25) is 9.59 Å². The highest BCUT2D eigenvalue weighted by atomic mass is 16.4. The van der Waals surface area contributed by atoms with E-state index in [0.717, 1.165) is 0 Å². The molecule has 0 radical (unpaired) electrons. The van der Waals surface area contributed by atoms with E-state index in [1.807, 2.05) is 20.8 Å². The third-order valence-corrected chi connectivity index (χ3v) is 3.49. The molecule has 0 aromatic heterocycles. The lowest BCUT2D eigenvalue weighted by Gasteiger charge is -2.44. The van der Waals surface area contributed by atoms with Gasteiger partial charge in [0.2, 0.25) is 5.91 Å². The van der Waals surface area contributed by atoms with Crippen molar-refractivity contribution in [1.29, 1.82) is 0 Å². The van der Waals surface area contributed by atoms with Gasteiger partial charge < -0.3 is 15.7 Å². The lowest BCUT2D eigenvalue weighted by molar-refractivity contribution is -0.155. The molecule has 0 fully saturated rings. The van der Waals surface area contributed by atoms with E-state index in [1.54, 1.807) is 27.7 Å². The molecule has 0 aliphatic rings. The number of nitrogens with two attached hydrogens (primary N) is 1. The SMILES string of the molecule is CC(C)(C)N(CC(=O)O)C(=O)C(C)(C)C(C)(C)N. The van der Waals surface area contributed by atoms with Crippen molar-refractivity contribution in [3.05, 3.63) is 0 Å². The Morgan fingerprint density at radius 1 is 1.06 bits per heavy atom. The molecule has 106 valence electrons. The van der Waals surface area contributed by atoms with Crippen LogP contribution in [0.5, 0.6) is 0 Å². The second-order valence-electron chi connectivity index (χ2n) is 6.80. The number of amides is 1. The number of nitrogens with zero attached hydrogens (tertiary/aromatic N) is 1. The maximum Gasteiger partial charge on any atom is 0.323 e. The van der Waals surface area contributed by atoms with Crippen LogP contribution in [0.15, 0.2) is 0 Å². The fourth-order valence-corrected chi connectivity index (χ4v) is 1.36. The third kappa shape index (κ3) is 3.70. The van der Waals surface area contributed by atoms with E-state index in [9.17, 15) is 9.59 Å². The predicted octanol–water partition coefficient (Wildman–Crippen LogP) is 1.46. The molecule has 0 unspecified atom stereocenters. The monoisotopic (exact) mass is 258 g/mol. The van der Waals surface area contributed by atoms with Crippen LogP contribution in [0.4, 0.5) is 0 Å². The topological polar surface area (TPSA) is 83.6 Å². The fraction of sp³-hybridized carbons (Fsp3) is 0.846. The molecule has 0 saturated heterocycles. The number of rotatable bonds is 4. The number of hydrogen-bond acceptors (Lipinski definition) is 3. The second-order valence-corrected chi connectivity index (χ2v) is 6.80. The fourth-order valence-electron chi connectivity index (χ4n) is 1.36. The van der Waals surface area contributed by atoms with Gasteiger partial charge in [0.15, 0.2) is 0 Å². The summed E-state index contributed by atoms with van der Waals surface area (Å²) >= 11 is 0. The molecular formula is C13H26N2O3. The number of carbonyl (C=O) groups is 2. The molecule has 0 heterocycles. The van der Waals surface area contributed by atoms with Gasteiger partial charge in [-0.25, -0.2) is 0 Å². The minimum absolute atomic E-state index is 0.245. The van der Waals surface area contributed by atoms with Gasteiger partial charge >= 0.3 is 5.97 Å². The molecule has 0 aliphatic heterocycles. The van der Waals surface area contributed by atoms with E-state index in [-0.39, 0.29) is 12.5 Å². The van der Waals surface area contributed by atoms with Gasteiger partial charge in [-0.2, -0.15) is 0 Å². The lowest BCUT2D eigenvalue weighted by Crippen LogP contribution is -2.60. The molecule has 5 heteroatoms. The zero-order valence-electron chi connectivity index (χ0n) is 12.5. The van der Waals surface area contributed by atoms with Gasteiger partial charge in [0.05, 0.1) is 5.41 Å². The first kappa shape index (κ1) is 16.9. The van der Waals surface area contributed by atoms with Crippen molar-refractivity contribution in [1.82, 2.24) is 4.90 Å². The summed E-state index contributed by atoms with van der Waals surface area (Å²) in [4.78, 5) is 24.9. The van der Waals surface area contributed by atoms with Gasteiger partial charge in [-0.05, 0) is 48.5 Å². The van der Waals surface area contributed by atoms with Crippen molar-refractivity contribution in [2.75, 3.05) is 6.54 Å². The van der Waals surface area contributed by atoms with Crippen molar-refractivity contribution in [3.63, 3.8) is 0 Å². The maximum absolute atomic E-state index is 12.6. The summed E-state index contributed by atoms with van der Waals surface area (Å²) in [5.74, 6) is -1.27. The molecular weight excluding hydrogens is 232 g/mol. The lowest BCUT2D eigenvalue weighted by atomic mass is 9.73. The van der Waals surface area contributed by atoms with Crippen molar-refractivity contribution in [2.45, 2.75) is 59.5 Å². The van der Waals surface area contributed by atoms with Crippen LogP contribution in [0.1, 0.15) is 48.5 Å². The van der Waals surface area contributed by atoms with Gasteiger partial charge in [0.25, 0.3) is 0 Å². The van der Waals surface area contributed by atoms with Crippen LogP contribution in [-0.2, 0) is 9.59 Å². The van der Waals surface area contributed by atoms with E-state index < -0.39 is 22.5 Å². The van der Waals surface area contributed by atoms with Crippen LogP contribution in [0.25, 0.3) is 0 Å². The summed E-state index contributed by atoms with van der Waals surface area (Å²) in [6, 6.07) is 0. The number of carboxylic acids is 1. The Labute approximate surface area is 109 Å². The predicted molar refractivity (Wildman–Crippen MR) is 71.1 cm³/mol. The standard InChI is InChI=1S/C13H26N2O3/c1-11(2,3)15(8-9(16)17)10(18)12(4,5)13(6,7)14/h8,14H2,1-7H3,(H,16,17). The summed E-state index contributed by atoms with van der Waals surface area (Å²) in [5, 5.41) is 8.94. The van der Waals surface area contributed by atoms with Crippen molar-refractivity contribution in [3.8, 4) is 0 Å². The van der Waals surface area contributed by atoms with E-state index in [1.165, 1.54) is 4.90 Å². The van der Waals surface area contributed by atoms with E-state index in [2.05, 4.69) is 0 Å². The second kappa shape index (κ2) is 4.88. The van der Waals surface area contributed by atoms with E-state index >= 15 is 0 Å². The molecule has 0 saturated carbocycles. The minimum atomic E-state index is -1.02. The number of hydrogen-bond donors (Lipinski definition) is 2. The third-order valence-electron chi connectivity index (χ3n) is 3.49.